The normalized spacial score (nSPS) is 16.7. The van der Waals surface area contributed by atoms with Crippen molar-refractivity contribution in [2.45, 2.75) is 56.6 Å². The highest BCUT2D eigenvalue weighted by atomic mass is 35.5. The van der Waals surface area contributed by atoms with Crippen molar-refractivity contribution in [3.63, 3.8) is 0 Å². The summed E-state index contributed by atoms with van der Waals surface area (Å²) in [6.45, 7) is 0. The first-order chi connectivity index (χ1) is 12.5. The molecule has 1 unspecified atom stereocenters. The maximum Gasteiger partial charge on any atom is 0.300 e. The second kappa shape index (κ2) is 12.3. The van der Waals surface area contributed by atoms with E-state index in [0.29, 0.717) is 29.7 Å². The molecule has 0 radical (unpaired) electrons. The number of hydrogen-bond acceptors (Lipinski definition) is 5. The number of hydrogen-bond donors (Lipinski definition) is 3. The molecule has 0 aromatic heterocycles. The molecule has 1 saturated carbocycles. The number of alkyl halides is 1. The van der Waals surface area contributed by atoms with E-state index in [1.54, 1.807) is 25.2 Å². The van der Waals surface area contributed by atoms with Crippen LogP contribution in [0, 0.1) is 16.9 Å². The quantitative estimate of drug-likeness (QED) is 0.420. The molecule has 0 bridgehead atoms. The Morgan fingerprint density at radius 2 is 2.00 bits per heavy atom. The number of carbonyl (C=O) groups excluding carboxylic acids is 1. The predicted octanol–water partition coefficient (Wildman–Crippen LogP) is 2.40. The summed E-state index contributed by atoms with van der Waals surface area (Å²) in [5, 5.41) is 10.2. The Balaban J connectivity index is 0.00000364. The Kier molecular flexibility index (Phi) is 10.8. The second-order valence-corrected chi connectivity index (χ2v) is 7.48. The number of nitrogens with two attached hydrogens (primary N) is 1. The number of halogens is 2. The zero-order chi connectivity index (χ0) is 18.9. The Labute approximate surface area is 171 Å². The zero-order valence-corrected chi connectivity index (χ0v) is 17.5. The number of methoxy groups -OCH3 is 2. The van der Waals surface area contributed by atoms with Gasteiger partial charge in [0, 0.05) is 6.04 Å². The number of rotatable bonds is 9. The summed E-state index contributed by atoms with van der Waals surface area (Å²) >= 11 is 0. The number of nitrogens with one attached hydrogen (secondary N) is 1. The van der Waals surface area contributed by atoms with E-state index in [4.69, 9.17) is 15.2 Å². The average molecular weight is 422 g/mol. The van der Waals surface area contributed by atoms with E-state index in [0.717, 1.165) is 18.4 Å². The molecule has 1 aromatic rings. The summed E-state index contributed by atoms with van der Waals surface area (Å²) in [7, 11) is 4.93. The van der Waals surface area contributed by atoms with Gasteiger partial charge in [0.05, 0.1) is 19.8 Å². The molecule has 4 N–H and O–H groups in total. The van der Waals surface area contributed by atoms with Crippen LogP contribution in [-0.2, 0) is 10.7 Å². The Hall–Kier alpha value is -1.21. The highest BCUT2D eigenvalue weighted by Gasteiger charge is 2.29. The van der Waals surface area contributed by atoms with Gasteiger partial charge in [-0.3, -0.25) is 4.79 Å². The first-order valence-electron chi connectivity index (χ1n) is 9.07. The molecule has 27 heavy (non-hydrogen) atoms. The Morgan fingerprint density at radius 1 is 1.30 bits per heavy atom. The third-order valence-corrected chi connectivity index (χ3v) is 5.60. The monoisotopic (exact) mass is 421 g/mol. The second-order valence-electron chi connectivity index (χ2n) is 6.75. The van der Waals surface area contributed by atoms with Crippen LogP contribution in [0.3, 0.4) is 0 Å². The fraction of sp³-hybridized carbons (Fsp3) is 0.632. The summed E-state index contributed by atoms with van der Waals surface area (Å²) in [6.07, 6.45) is 5.49. The molecule has 2 rings (SSSR count). The summed E-state index contributed by atoms with van der Waals surface area (Å²) in [4.78, 5) is 14.8. The van der Waals surface area contributed by atoms with Crippen LogP contribution in [-0.4, -0.2) is 37.4 Å². The van der Waals surface area contributed by atoms with Gasteiger partial charge in [0.2, 0.25) is 5.88 Å². The molecule has 2 atom stereocenters. The predicted molar refractivity (Wildman–Crippen MR) is 104 cm³/mol. The molecule has 0 spiro atoms. The fourth-order valence-electron chi connectivity index (χ4n) is 3.34. The third-order valence-electron chi connectivity index (χ3n) is 4.86. The molecule has 0 saturated heterocycles. The van der Waals surface area contributed by atoms with E-state index < -0.39 is 18.1 Å². The van der Waals surface area contributed by atoms with Crippen LogP contribution in [0.4, 0.5) is 0 Å². The highest BCUT2D eigenvalue weighted by molar-refractivity contribution is 5.85. The molecular formula is C19H31Cl2N2O4+. The van der Waals surface area contributed by atoms with Crippen LogP contribution in [0.5, 0.6) is 11.5 Å². The van der Waals surface area contributed by atoms with Crippen molar-refractivity contribution in [3.8, 4) is 11.5 Å². The van der Waals surface area contributed by atoms with Crippen molar-refractivity contribution < 1.29 is 30.3 Å². The van der Waals surface area contributed by atoms with E-state index in [1.807, 2.05) is 18.2 Å². The number of aliphatic hydroxyl groups is 1. The molecule has 6 nitrogen and oxygen atoms in total. The first-order valence-corrected chi connectivity index (χ1v) is 9.99. The van der Waals surface area contributed by atoms with Crippen molar-refractivity contribution in [2.75, 3.05) is 14.2 Å². The highest BCUT2D eigenvalue weighted by Crippen LogP contribution is 2.27. The lowest BCUT2D eigenvalue weighted by atomic mass is 9.84. The van der Waals surface area contributed by atoms with Crippen molar-refractivity contribution in [1.82, 2.24) is 4.84 Å². The van der Waals surface area contributed by atoms with Gasteiger partial charge in [-0.05, 0) is 30.5 Å². The van der Waals surface area contributed by atoms with Crippen LogP contribution in [0.2, 0.25) is 0 Å². The van der Waals surface area contributed by atoms with Crippen LogP contribution in [0.1, 0.15) is 44.1 Å². The van der Waals surface area contributed by atoms with Gasteiger partial charge < -0.3 is 20.3 Å². The molecule has 1 aliphatic rings. The van der Waals surface area contributed by atoms with E-state index in [1.165, 1.54) is 19.3 Å². The average Bonchev–Trinajstić information content (AvgIpc) is 2.67. The van der Waals surface area contributed by atoms with Crippen LogP contribution in [0.25, 0.3) is 0 Å². The molecule has 1 amide bonds. The Bertz CT molecular complexity index is 583. The van der Waals surface area contributed by atoms with Gasteiger partial charge in [0.15, 0.2) is 6.10 Å². The summed E-state index contributed by atoms with van der Waals surface area (Å²) in [5.41, 5.74) is 6.93. The third kappa shape index (κ3) is 7.37. The van der Waals surface area contributed by atoms with Crippen LogP contribution >= 0.6 is 12.4 Å². The van der Waals surface area contributed by atoms with Gasteiger partial charge in [-0.25, -0.2) is 0 Å². The van der Waals surface area contributed by atoms with E-state index in [2.05, 4.69) is 4.84 Å². The van der Waals surface area contributed by atoms with Crippen molar-refractivity contribution in [3.05, 3.63) is 23.8 Å². The molecular weight excluding hydrogens is 391 g/mol. The van der Waals surface area contributed by atoms with Crippen molar-refractivity contribution in [1.29, 1.82) is 0 Å². The summed E-state index contributed by atoms with van der Waals surface area (Å²) in [6, 6.07) is 4.95. The lowest BCUT2D eigenvalue weighted by molar-refractivity contribution is -0.714. The van der Waals surface area contributed by atoms with E-state index in [-0.39, 0.29) is 12.4 Å². The van der Waals surface area contributed by atoms with Gasteiger partial charge >= 0.3 is 0 Å². The van der Waals surface area contributed by atoms with Gasteiger partial charge in [-0.1, -0.05) is 32.1 Å². The topological polar surface area (TPSA) is 93.8 Å². The molecule has 1 aliphatic carbocycles. The molecule has 154 valence electrons. The van der Waals surface area contributed by atoms with Crippen LogP contribution in [0.15, 0.2) is 18.2 Å². The first kappa shape index (κ1) is 23.8. The minimum atomic E-state index is -1.20. The molecule has 0 aliphatic heterocycles. The largest absolute Gasteiger partial charge is 0.497 e. The maximum absolute atomic E-state index is 12.2. The maximum atomic E-state index is 12.2. The lowest BCUT2D eigenvalue weighted by Crippen LogP contribution is -2.47. The number of carbonyl (C=O) groups is 1. The number of aliphatic hydroxyl groups excluding tert-OH is 1. The van der Waals surface area contributed by atoms with Gasteiger partial charge in [0.25, 0.3) is 16.9 Å². The minimum Gasteiger partial charge on any atom is -0.497 e. The van der Waals surface area contributed by atoms with E-state index >= 15 is 0 Å². The van der Waals surface area contributed by atoms with E-state index in [9.17, 15) is 9.90 Å². The fourth-order valence-corrected chi connectivity index (χ4v) is 4.01. The molecule has 0 heterocycles. The van der Waals surface area contributed by atoms with Gasteiger partial charge in [0.1, 0.15) is 11.5 Å². The lowest BCUT2D eigenvalue weighted by Gasteiger charge is -2.25. The van der Waals surface area contributed by atoms with Crippen molar-refractivity contribution in [2.24, 2.45) is 11.7 Å². The van der Waals surface area contributed by atoms with Gasteiger partial charge in [-0.2, -0.15) is 0 Å². The van der Waals surface area contributed by atoms with Gasteiger partial charge in [-0.15, -0.1) is 17.2 Å². The molecule has 1 fully saturated rings. The summed E-state index contributed by atoms with van der Waals surface area (Å²) < 4.78 is 10.5. The Morgan fingerprint density at radius 3 is 2.63 bits per heavy atom. The number of ether oxygens (including phenoxy) is 2. The minimum absolute atomic E-state index is 0. The standard InChI is InChI=1S/C19H29ClN2O4.ClH/c1-25-15-8-9-17(26-2)14(11-15)12-20-22-19(24)18(23)16(21)10-13-6-4-3-5-7-13;/h8-9,11,13,16,18,23H,3-7,10,12,21H2,1-2H3;1H/p+1/t16-,18?;/m1./s1. The molecule has 1 aromatic carbocycles. The summed E-state index contributed by atoms with van der Waals surface area (Å²) in [5.74, 6) is 1.92. The zero-order valence-electron chi connectivity index (χ0n) is 15.9. The smallest absolute Gasteiger partial charge is 0.300 e. The van der Waals surface area contributed by atoms with Crippen molar-refractivity contribution >= 4 is 18.3 Å². The SMILES string of the molecule is COc1ccc(OC)c(C[Cl+]NC(=O)C(O)[C@H](N)CC2CCCCC2)c1.Cl. The number of amides is 1. The molecule has 8 heteroatoms. The number of benzene rings is 1. The van der Waals surface area contributed by atoms with Crippen LogP contribution < -0.4 is 20.0 Å².